The van der Waals surface area contributed by atoms with Crippen LogP contribution in [0.1, 0.15) is 24.1 Å². The van der Waals surface area contributed by atoms with Crippen molar-refractivity contribution in [1.82, 2.24) is 5.32 Å². The number of aryl methyl sites for hydroxylation is 1. The summed E-state index contributed by atoms with van der Waals surface area (Å²) in [7, 11) is 0. The highest BCUT2D eigenvalue weighted by Gasteiger charge is 2.13. The van der Waals surface area contributed by atoms with Crippen LogP contribution >= 0.6 is 0 Å². The van der Waals surface area contributed by atoms with E-state index >= 15 is 0 Å². The number of hydrogen-bond acceptors (Lipinski definition) is 4. The van der Waals surface area contributed by atoms with E-state index < -0.39 is 0 Å². The van der Waals surface area contributed by atoms with Gasteiger partial charge >= 0.3 is 0 Å². The molecule has 1 aliphatic rings. The summed E-state index contributed by atoms with van der Waals surface area (Å²) in [5.41, 5.74) is 3.43. The Balaban J connectivity index is 1.49. The van der Waals surface area contributed by atoms with Gasteiger partial charge in [0.2, 0.25) is 0 Å². The van der Waals surface area contributed by atoms with Crippen molar-refractivity contribution in [3.05, 3.63) is 59.7 Å². The molecule has 1 atom stereocenters. The summed E-state index contributed by atoms with van der Waals surface area (Å²) in [6.45, 7) is 7.39. The minimum absolute atomic E-state index is 0.0132. The fraction of sp³-hybridized carbons (Fsp3) is 0.381. The van der Waals surface area contributed by atoms with Gasteiger partial charge in [-0.3, -0.25) is 4.79 Å². The Morgan fingerprint density at radius 2 is 1.77 bits per heavy atom. The quantitative estimate of drug-likeness (QED) is 0.866. The van der Waals surface area contributed by atoms with Crippen LogP contribution in [0, 0.1) is 6.92 Å². The maximum absolute atomic E-state index is 12.1. The summed E-state index contributed by atoms with van der Waals surface area (Å²) < 4.78 is 10.9. The van der Waals surface area contributed by atoms with Crippen LogP contribution in [-0.2, 0) is 9.53 Å². The lowest BCUT2D eigenvalue weighted by atomic mass is 10.1. The van der Waals surface area contributed by atoms with Crippen LogP contribution in [0.3, 0.4) is 0 Å². The number of ether oxygens (including phenoxy) is 2. The van der Waals surface area contributed by atoms with Crippen LogP contribution in [0.15, 0.2) is 48.5 Å². The summed E-state index contributed by atoms with van der Waals surface area (Å²) in [5.74, 6) is 0.573. The number of rotatable bonds is 6. The molecule has 0 aromatic heterocycles. The van der Waals surface area contributed by atoms with E-state index in [4.69, 9.17) is 9.47 Å². The zero-order valence-corrected chi connectivity index (χ0v) is 15.4. The van der Waals surface area contributed by atoms with E-state index in [0.717, 1.165) is 37.4 Å². The molecule has 138 valence electrons. The molecular formula is C21H26N2O3. The van der Waals surface area contributed by atoms with Gasteiger partial charge in [-0.15, -0.1) is 0 Å². The maximum Gasteiger partial charge on any atom is 0.258 e. The number of benzene rings is 2. The molecule has 0 aliphatic carbocycles. The van der Waals surface area contributed by atoms with Crippen molar-refractivity contribution < 1.29 is 14.3 Å². The average molecular weight is 354 g/mol. The third-order valence-corrected chi connectivity index (χ3v) is 4.54. The van der Waals surface area contributed by atoms with Crippen molar-refractivity contribution in [1.29, 1.82) is 0 Å². The molecule has 0 bridgehead atoms. The number of carbonyl (C=O) groups excluding carboxylic acids is 1. The topological polar surface area (TPSA) is 50.8 Å². The predicted octanol–water partition coefficient (Wildman–Crippen LogP) is 3.09. The maximum atomic E-state index is 12.1. The molecule has 0 saturated carbocycles. The highest BCUT2D eigenvalue weighted by Crippen LogP contribution is 2.20. The zero-order valence-electron chi connectivity index (χ0n) is 15.4. The number of morpholine rings is 1. The molecule has 5 nitrogen and oxygen atoms in total. The van der Waals surface area contributed by atoms with E-state index in [1.54, 1.807) is 0 Å². The Kier molecular flexibility index (Phi) is 6.12. The second-order valence-electron chi connectivity index (χ2n) is 6.58. The third-order valence-electron chi connectivity index (χ3n) is 4.54. The van der Waals surface area contributed by atoms with Crippen molar-refractivity contribution in [2.75, 3.05) is 37.8 Å². The molecule has 1 aliphatic heterocycles. The largest absolute Gasteiger partial charge is 0.484 e. The van der Waals surface area contributed by atoms with Crippen molar-refractivity contribution in [3.8, 4) is 5.75 Å². The normalized spacial score (nSPS) is 15.4. The minimum Gasteiger partial charge on any atom is -0.484 e. The summed E-state index contributed by atoms with van der Waals surface area (Å²) in [4.78, 5) is 14.4. The molecule has 1 heterocycles. The van der Waals surface area contributed by atoms with Gasteiger partial charge in [0.15, 0.2) is 6.61 Å². The predicted molar refractivity (Wildman–Crippen MR) is 103 cm³/mol. The fourth-order valence-corrected chi connectivity index (χ4v) is 2.95. The number of anilines is 1. The van der Waals surface area contributed by atoms with Gasteiger partial charge in [-0.2, -0.15) is 0 Å². The number of carbonyl (C=O) groups is 1. The van der Waals surface area contributed by atoms with Crippen molar-refractivity contribution in [2.45, 2.75) is 19.9 Å². The number of amides is 1. The summed E-state index contributed by atoms with van der Waals surface area (Å²) in [5, 5.41) is 2.98. The second kappa shape index (κ2) is 8.72. The second-order valence-corrected chi connectivity index (χ2v) is 6.58. The molecule has 2 aromatic rings. The number of hydrogen-bond donors (Lipinski definition) is 1. The van der Waals surface area contributed by atoms with Gasteiger partial charge in [-0.25, -0.2) is 0 Å². The Hall–Kier alpha value is -2.53. The van der Waals surface area contributed by atoms with E-state index in [0.29, 0.717) is 5.75 Å². The van der Waals surface area contributed by atoms with Crippen LogP contribution in [0.2, 0.25) is 0 Å². The van der Waals surface area contributed by atoms with Crippen molar-refractivity contribution >= 4 is 11.6 Å². The van der Waals surface area contributed by atoms with E-state index in [9.17, 15) is 4.79 Å². The van der Waals surface area contributed by atoms with Gasteiger partial charge in [0, 0.05) is 18.8 Å². The number of nitrogens with zero attached hydrogens (tertiary/aromatic N) is 1. The first-order valence-electron chi connectivity index (χ1n) is 9.03. The smallest absolute Gasteiger partial charge is 0.258 e. The van der Waals surface area contributed by atoms with Crippen LogP contribution in [0.5, 0.6) is 5.75 Å². The average Bonchev–Trinajstić information content (AvgIpc) is 2.68. The lowest BCUT2D eigenvalue weighted by Gasteiger charge is -2.29. The molecule has 1 amide bonds. The van der Waals surface area contributed by atoms with Gasteiger partial charge in [-0.1, -0.05) is 29.8 Å². The van der Waals surface area contributed by atoms with E-state index in [-0.39, 0.29) is 18.6 Å². The Morgan fingerprint density at radius 3 is 2.42 bits per heavy atom. The summed E-state index contributed by atoms with van der Waals surface area (Å²) >= 11 is 0. The monoisotopic (exact) mass is 354 g/mol. The summed E-state index contributed by atoms with van der Waals surface area (Å²) in [6, 6.07) is 15.9. The van der Waals surface area contributed by atoms with Crippen LogP contribution < -0.4 is 15.0 Å². The van der Waals surface area contributed by atoms with Gasteiger partial charge in [0.1, 0.15) is 5.75 Å². The lowest BCUT2D eigenvalue weighted by Crippen LogP contribution is -2.36. The first-order valence-corrected chi connectivity index (χ1v) is 9.03. The molecule has 0 radical (unpaired) electrons. The zero-order chi connectivity index (χ0) is 18.4. The molecule has 1 fully saturated rings. The van der Waals surface area contributed by atoms with Crippen LogP contribution in [0.4, 0.5) is 5.69 Å². The molecule has 1 unspecified atom stereocenters. The van der Waals surface area contributed by atoms with E-state index in [1.807, 2.05) is 38.1 Å². The molecule has 0 spiro atoms. The van der Waals surface area contributed by atoms with E-state index in [1.165, 1.54) is 5.69 Å². The molecular weight excluding hydrogens is 328 g/mol. The third kappa shape index (κ3) is 4.99. The summed E-state index contributed by atoms with van der Waals surface area (Å²) in [6.07, 6.45) is 0. The molecule has 2 aromatic carbocycles. The lowest BCUT2D eigenvalue weighted by molar-refractivity contribution is -0.123. The van der Waals surface area contributed by atoms with Crippen molar-refractivity contribution in [2.24, 2.45) is 0 Å². The van der Waals surface area contributed by atoms with Crippen LogP contribution in [-0.4, -0.2) is 38.8 Å². The molecule has 5 heteroatoms. The molecule has 3 rings (SSSR count). The fourth-order valence-electron chi connectivity index (χ4n) is 2.95. The standard InChI is InChI=1S/C21H26N2O3/c1-16-3-9-20(10-4-16)26-15-21(24)22-17(2)18-5-7-19(8-6-18)23-11-13-25-14-12-23/h3-10,17H,11-15H2,1-2H3,(H,22,24). The Labute approximate surface area is 154 Å². The van der Waals surface area contributed by atoms with E-state index in [2.05, 4.69) is 34.5 Å². The van der Waals surface area contributed by atoms with Crippen molar-refractivity contribution in [3.63, 3.8) is 0 Å². The number of nitrogens with one attached hydrogen (secondary N) is 1. The van der Waals surface area contributed by atoms with Gasteiger partial charge < -0.3 is 19.7 Å². The van der Waals surface area contributed by atoms with Crippen LogP contribution in [0.25, 0.3) is 0 Å². The Bertz CT molecular complexity index is 707. The minimum atomic E-state index is -0.129. The highest BCUT2D eigenvalue weighted by molar-refractivity contribution is 5.78. The molecule has 1 N–H and O–H groups in total. The van der Waals surface area contributed by atoms with Gasteiger partial charge in [0.25, 0.3) is 5.91 Å². The molecule has 26 heavy (non-hydrogen) atoms. The van der Waals surface area contributed by atoms with Gasteiger partial charge in [-0.05, 0) is 43.7 Å². The first kappa shape index (κ1) is 18.3. The highest BCUT2D eigenvalue weighted by atomic mass is 16.5. The Morgan fingerprint density at radius 1 is 1.12 bits per heavy atom. The molecule has 1 saturated heterocycles. The van der Waals surface area contributed by atoms with Gasteiger partial charge in [0.05, 0.1) is 19.3 Å². The first-order chi connectivity index (χ1) is 12.6. The SMILES string of the molecule is Cc1ccc(OCC(=O)NC(C)c2ccc(N3CCOCC3)cc2)cc1.